The van der Waals surface area contributed by atoms with E-state index >= 15 is 0 Å². The second kappa shape index (κ2) is 26.5. The molecule has 5 N–H and O–H groups in total. The van der Waals surface area contributed by atoms with Crippen LogP contribution in [0, 0.1) is 17.8 Å². The average molecular weight is 1090 g/mol. The number of likely N-dealkylation sites (N-methyl/N-ethyl adjacent to an activating group) is 2. The summed E-state index contributed by atoms with van der Waals surface area (Å²) >= 11 is 0. The Balaban J connectivity index is 1.15. The van der Waals surface area contributed by atoms with Gasteiger partial charge in [-0.05, 0) is 138 Å². The molecule has 4 heterocycles. The first-order valence-corrected chi connectivity index (χ1v) is 28.0. The molecular formula is C58H93N3O16. The fourth-order valence-corrected chi connectivity index (χ4v) is 12.2. The van der Waals surface area contributed by atoms with E-state index in [9.17, 15) is 39.9 Å². The van der Waals surface area contributed by atoms with Crippen LogP contribution < -0.4 is 5.43 Å². The number of unbranched alkanes of at least 4 members (excludes halogenated alkanes) is 1. The number of pyridine rings is 1. The number of aliphatic hydroxyl groups is 4. The second-order valence-electron chi connectivity index (χ2n) is 23.8. The fourth-order valence-electron chi connectivity index (χ4n) is 12.2. The first kappa shape index (κ1) is 62.8. The number of hydrogen-bond acceptors (Lipinski definition) is 17. The van der Waals surface area contributed by atoms with Crippen molar-refractivity contribution < 1.29 is 73.0 Å². The van der Waals surface area contributed by atoms with Crippen molar-refractivity contribution in [1.82, 2.24) is 14.4 Å². The van der Waals surface area contributed by atoms with Crippen molar-refractivity contribution in [3.05, 3.63) is 51.8 Å². The van der Waals surface area contributed by atoms with Crippen molar-refractivity contribution in [2.45, 2.75) is 217 Å². The maximum Gasteiger partial charge on any atom is 0.341 e. The van der Waals surface area contributed by atoms with Crippen LogP contribution in [0.15, 0.2) is 35.3 Å². The summed E-state index contributed by atoms with van der Waals surface area (Å²) < 4.78 is 53.4. The Labute approximate surface area is 456 Å². The molecule has 19 heteroatoms. The van der Waals surface area contributed by atoms with Crippen molar-refractivity contribution in [3.63, 3.8) is 0 Å². The standard InChI is InChI=1S/C58H93N3O16/c1-15-45-58(10,69)50(64)37(6)60(13)31-33(2)29-56(8,68)51(77-55-48(63)44(59(11)12)27-34(3)73-55)35(4)49(36(5)54(67)75-45)76-46-30-57(9,70-14)52(38(7)74-46)72-26-17-16-24-71-25-18-19-39-20-23-43-41(28-39)47(62)42(53(65)66)32-61(43)40-21-22-40/h18-20,23,28,32-38,40,44-46,48-52,55,63-64,68-69H,15-17,21-22,24-27,29-31H2,1-14H3,(H,65,66)/b19-18+/t33-,34-,35+,36-,37-,38+,44+,45-,46+,48-,49+,50-,51-,52+,55+,56-,57-,58-/m1/s1. The van der Waals surface area contributed by atoms with Gasteiger partial charge >= 0.3 is 11.9 Å². The zero-order valence-corrected chi connectivity index (χ0v) is 48.3. The minimum atomic E-state index is -1.83. The Morgan fingerprint density at radius 3 is 2.27 bits per heavy atom. The van der Waals surface area contributed by atoms with Crippen molar-refractivity contribution in [2.24, 2.45) is 17.8 Å². The van der Waals surface area contributed by atoms with Gasteiger partial charge in [-0.2, -0.15) is 0 Å². The molecule has 0 radical (unpaired) electrons. The van der Waals surface area contributed by atoms with E-state index in [2.05, 4.69) is 0 Å². The summed E-state index contributed by atoms with van der Waals surface area (Å²) in [7, 11) is 7.23. The zero-order valence-electron chi connectivity index (χ0n) is 48.3. The predicted molar refractivity (Wildman–Crippen MR) is 290 cm³/mol. The van der Waals surface area contributed by atoms with Gasteiger partial charge in [0.2, 0.25) is 5.43 Å². The van der Waals surface area contributed by atoms with Gasteiger partial charge in [0.15, 0.2) is 12.6 Å². The topological polar surface area (TPSA) is 238 Å². The number of carbonyl (C=O) groups is 2. The minimum Gasteiger partial charge on any atom is -0.477 e. The molecule has 1 aromatic carbocycles. The average Bonchev–Trinajstić information content (AvgIpc) is 4.22. The number of benzene rings is 1. The molecule has 3 saturated heterocycles. The van der Waals surface area contributed by atoms with E-state index < -0.39 is 107 Å². The Kier molecular flexibility index (Phi) is 21.6. The highest BCUT2D eigenvalue weighted by atomic mass is 16.7. The number of aromatic carboxylic acids is 1. The van der Waals surface area contributed by atoms with Crippen LogP contribution in [0.25, 0.3) is 17.0 Å². The first-order valence-electron chi connectivity index (χ1n) is 28.0. The van der Waals surface area contributed by atoms with E-state index in [1.54, 1.807) is 40.9 Å². The van der Waals surface area contributed by atoms with Crippen LogP contribution in [0.5, 0.6) is 0 Å². The van der Waals surface area contributed by atoms with Crippen LogP contribution in [-0.2, 0) is 42.7 Å². The number of cyclic esters (lactones) is 1. The van der Waals surface area contributed by atoms with Gasteiger partial charge in [0.25, 0.3) is 0 Å². The van der Waals surface area contributed by atoms with Crippen LogP contribution in [0.2, 0.25) is 0 Å². The molecule has 4 aliphatic rings. The van der Waals surface area contributed by atoms with Gasteiger partial charge < -0.3 is 77.8 Å². The lowest BCUT2D eigenvalue weighted by Crippen LogP contribution is -2.61. The molecule has 4 fully saturated rings. The number of hydrogen-bond donors (Lipinski definition) is 5. The molecule has 0 bridgehead atoms. The number of fused-ring (bicyclic) bond motifs is 1. The SMILES string of the molecule is CC[C@H]1OC(=O)[C@H](C)[C@@H](O[C@H]2C[C@@](C)(OC)[C@@H](OCCCCOC/C=C/c3ccc4c(c3)c(=O)c(C(=O)O)cn4C3CC3)[C@H](C)O2)[C@H](C)[C@@H](O[C@@H]2O[C@H](C)C[C@H](N(C)C)[C@H]2O)[C@](C)(O)C[C@@H](C)CN(C)[C@H](C)[C@@H](O)[C@]1(C)O. The number of nitrogens with zero attached hydrogens (tertiary/aromatic N) is 3. The summed E-state index contributed by atoms with van der Waals surface area (Å²) in [6, 6.07) is 4.85. The third kappa shape index (κ3) is 14.9. The largest absolute Gasteiger partial charge is 0.477 e. The van der Waals surface area contributed by atoms with Gasteiger partial charge in [-0.25, -0.2) is 4.79 Å². The van der Waals surface area contributed by atoms with E-state index in [4.69, 9.17) is 37.9 Å². The third-order valence-corrected chi connectivity index (χ3v) is 16.9. The van der Waals surface area contributed by atoms with Gasteiger partial charge in [0, 0.05) is 68.9 Å². The molecule has 2 aromatic rings. The molecule has 1 aromatic heterocycles. The lowest BCUT2D eigenvalue weighted by molar-refractivity contribution is -0.320. The summed E-state index contributed by atoms with van der Waals surface area (Å²) in [5, 5.41) is 58.2. The lowest BCUT2D eigenvalue weighted by atomic mass is 9.77. The number of carbonyl (C=O) groups excluding carboxylic acids is 1. The van der Waals surface area contributed by atoms with Crippen molar-refractivity contribution >= 4 is 28.9 Å². The molecule has 1 aliphatic carbocycles. The highest BCUT2D eigenvalue weighted by Gasteiger charge is 2.53. The number of carboxylic acids is 1. The number of carboxylic acid groups (broad SMARTS) is 1. The van der Waals surface area contributed by atoms with Gasteiger partial charge in [-0.1, -0.05) is 39.0 Å². The molecule has 6 rings (SSSR count). The van der Waals surface area contributed by atoms with Crippen molar-refractivity contribution in [1.29, 1.82) is 0 Å². The van der Waals surface area contributed by atoms with Gasteiger partial charge in [-0.3, -0.25) is 9.59 Å². The Morgan fingerprint density at radius 2 is 1.64 bits per heavy atom. The molecule has 1 saturated carbocycles. The molecule has 18 atom stereocenters. The molecule has 0 spiro atoms. The van der Waals surface area contributed by atoms with E-state index in [0.29, 0.717) is 51.0 Å². The highest BCUT2D eigenvalue weighted by Crippen LogP contribution is 2.41. The van der Waals surface area contributed by atoms with Crippen LogP contribution in [0.3, 0.4) is 0 Å². The summed E-state index contributed by atoms with van der Waals surface area (Å²) in [4.78, 5) is 43.3. The number of aromatic nitrogens is 1. The predicted octanol–water partition coefficient (Wildman–Crippen LogP) is 5.78. The Bertz CT molecular complexity index is 2360. The quantitative estimate of drug-likeness (QED) is 0.0878. The Hall–Kier alpha value is -3.41. The summed E-state index contributed by atoms with van der Waals surface area (Å²) in [5.41, 5.74) is -3.57. The van der Waals surface area contributed by atoms with Gasteiger partial charge in [0.1, 0.15) is 35.6 Å². The molecule has 436 valence electrons. The molecule has 0 unspecified atom stereocenters. The number of methoxy groups -OCH3 is 1. The monoisotopic (exact) mass is 1090 g/mol. The number of esters is 1. The van der Waals surface area contributed by atoms with E-state index in [1.165, 1.54) is 13.1 Å². The molecule has 0 amide bonds. The van der Waals surface area contributed by atoms with Crippen molar-refractivity contribution in [2.75, 3.05) is 54.6 Å². The number of aliphatic hydroxyl groups excluding tert-OH is 2. The summed E-state index contributed by atoms with van der Waals surface area (Å²) in [6.45, 7) is 19.6. The molecular weight excluding hydrogens is 995 g/mol. The Morgan fingerprint density at radius 1 is 0.948 bits per heavy atom. The molecule has 77 heavy (non-hydrogen) atoms. The second-order valence-corrected chi connectivity index (χ2v) is 23.8. The third-order valence-electron chi connectivity index (χ3n) is 16.9. The molecule has 3 aliphatic heterocycles. The van der Waals surface area contributed by atoms with E-state index in [0.717, 1.165) is 23.9 Å². The highest BCUT2D eigenvalue weighted by molar-refractivity contribution is 5.93. The van der Waals surface area contributed by atoms with E-state index in [-0.39, 0.29) is 48.9 Å². The summed E-state index contributed by atoms with van der Waals surface area (Å²) in [6.07, 6.45) is 0.617. The van der Waals surface area contributed by atoms with Crippen LogP contribution in [-0.4, -0.2) is 197 Å². The van der Waals surface area contributed by atoms with Crippen molar-refractivity contribution in [3.8, 4) is 0 Å². The van der Waals surface area contributed by atoms with Crippen LogP contribution in [0.1, 0.15) is 143 Å². The van der Waals surface area contributed by atoms with Crippen LogP contribution >= 0.6 is 0 Å². The minimum absolute atomic E-state index is 0.173. The maximum absolute atomic E-state index is 14.6. The lowest BCUT2D eigenvalue weighted by Gasteiger charge is -2.49. The number of rotatable bonds is 18. The first-order chi connectivity index (χ1) is 36.1. The van der Waals surface area contributed by atoms with E-state index in [1.807, 2.05) is 94.4 Å². The normalized spacial score (nSPS) is 38.4. The summed E-state index contributed by atoms with van der Waals surface area (Å²) in [5.74, 6) is -3.92. The fraction of sp³-hybridized carbons (Fsp3) is 0.776. The molecule has 19 nitrogen and oxygen atoms in total. The zero-order chi connectivity index (χ0) is 56.9. The number of ether oxygens (including phenoxy) is 8. The van der Waals surface area contributed by atoms with Gasteiger partial charge in [0.05, 0.1) is 53.7 Å². The van der Waals surface area contributed by atoms with Gasteiger partial charge in [-0.15, -0.1) is 0 Å². The smallest absolute Gasteiger partial charge is 0.341 e. The maximum atomic E-state index is 14.6. The van der Waals surface area contributed by atoms with Crippen LogP contribution in [0.4, 0.5) is 0 Å².